The molecule has 2 aromatic rings. The molecule has 0 fully saturated rings. The van der Waals surface area contributed by atoms with Crippen molar-refractivity contribution in [3.63, 3.8) is 0 Å². The minimum absolute atomic E-state index is 0.219. The highest BCUT2D eigenvalue weighted by Crippen LogP contribution is 2.28. The molecule has 2 rings (SSSR count). The molecule has 1 aromatic carbocycles. The summed E-state index contributed by atoms with van der Waals surface area (Å²) in [5.41, 5.74) is 1.92. The van der Waals surface area contributed by atoms with Crippen molar-refractivity contribution in [3.05, 3.63) is 46.5 Å². The van der Waals surface area contributed by atoms with E-state index in [1.54, 1.807) is 22.5 Å². The van der Waals surface area contributed by atoms with Gasteiger partial charge in [-0.05, 0) is 25.1 Å². The first-order valence-corrected chi connectivity index (χ1v) is 6.50. The number of benzene rings is 1. The maximum atomic E-state index is 13.0. The van der Waals surface area contributed by atoms with Crippen LogP contribution in [0.1, 0.15) is 11.3 Å². The number of thioether (sulfide) groups is 1. The summed E-state index contributed by atoms with van der Waals surface area (Å²) in [4.78, 5) is 0.893. The number of nitrogens with zero attached hydrogens (tertiary/aromatic N) is 2. The Morgan fingerprint density at radius 2 is 2.24 bits per heavy atom. The lowest BCUT2D eigenvalue weighted by Crippen LogP contribution is -1.89. The Labute approximate surface area is 109 Å². The van der Waals surface area contributed by atoms with Gasteiger partial charge in [0.1, 0.15) is 11.0 Å². The predicted molar refractivity (Wildman–Crippen MR) is 68.9 cm³/mol. The van der Waals surface area contributed by atoms with Crippen LogP contribution in [0.3, 0.4) is 0 Å². The van der Waals surface area contributed by atoms with Crippen molar-refractivity contribution in [3.8, 4) is 0 Å². The Morgan fingerprint density at radius 3 is 2.82 bits per heavy atom. The van der Waals surface area contributed by atoms with E-state index in [1.807, 2.05) is 20.0 Å². The lowest BCUT2D eigenvalue weighted by Gasteiger charge is -2.01. The zero-order valence-electron chi connectivity index (χ0n) is 9.58. The van der Waals surface area contributed by atoms with E-state index < -0.39 is 0 Å². The van der Waals surface area contributed by atoms with Crippen LogP contribution in [-0.2, 0) is 12.8 Å². The molecule has 1 aromatic heterocycles. The predicted octanol–water partition coefficient (Wildman–Crippen LogP) is 3.81. The van der Waals surface area contributed by atoms with Gasteiger partial charge in [-0.15, -0.1) is 11.8 Å². The number of aryl methyl sites for hydroxylation is 2. The van der Waals surface area contributed by atoms with Crippen LogP contribution >= 0.6 is 23.4 Å². The molecule has 0 saturated heterocycles. The molecule has 1 heterocycles. The van der Waals surface area contributed by atoms with Crippen molar-refractivity contribution in [2.24, 2.45) is 7.05 Å². The summed E-state index contributed by atoms with van der Waals surface area (Å²) in [5, 5.41) is 4.88. The van der Waals surface area contributed by atoms with Gasteiger partial charge in [0.15, 0.2) is 0 Å². The van der Waals surface area contributed by atoms with Crippen LogP contribution in [0, 0.1) is 12.7 Å². The molecule has 0 aliphatic rings. The fraction of sp³-hybridized carbons (Fsp3) is 0.250. The zero-order valence-corrected chi connectivity index (χ0v) is 11.1. The summed E-state index contributed by atoms with van der Waals surface area (Å²) in [6.45, 7) is 1.92. The van der Waals surface area contributed by atoms with Crippen molar-refractivity contribution in [2.45, 2.75) is 17.6 Å². The van der Waals surface area contributed by atoms with E-state index in [-0.39, 0.29) is 5.82 Å². The zero-order chi connectivity index (χ0) is 12.4. The number of aromatic nitrogens is 2. The molecule has 0 aliphatic carbocycles. The van der Waals surface area contributed by atoms with E-state index in [0.717, 1.165) is 16.2 Å². The first kappa shape index (κ1) is 12.5. The Bertz CT molecular complexity index is 539. The second-order valence-electron chi connectivity index (χ2n) is 3.72. The Hall–Kier alpha value is -1.00. The van der Waals surface area contributed by atoms with Crippen molar-refractivity contribution < 1.29 is 4.39 Å². The quantitative estimate of drug-likeness (QED) is 0.789. The smallest absolute Gasteiger partial charge is 0.131 e. The van der Waals surface area contributed by atoms with Crippen LogP contribution in [0.4, 0.5) is 4.39 Å². The topological polar surface area (TPSA) is 17.8 Å². The first-order chi connectivity index (χ1) is 8.08. The van der Waals surface area contributed by atoms with Crippen LogP contribution in [0.25, 0.3) is 0 Å². The van der Waals surface area contributed by atoms with Gasteiger partial charge < -0.3 is 0 Å². The van der Waals surface area contributed by atoms with Gasteiger partial charge in [0.25, 0.3) is 0 Å². The van der Waals surface area contributed by atoms with Gasteiger partial charge in [0, 0.05) is 23.3 Å². The second kappa shape index (κ2) is 5.10. The molecule has 90 valence electrons. The third-order valence-corrected chi connectivity index (χ3v) is 3.94. The van der Waals surface area contributed by atoms with Crippen molar-refractivity contribution >= 4 is 23.4 Å². The highest BCUT2D eigenvalue weighted by Gasteiger charge is 2.11. The summed E-state index contributed by atoms with van der Waals surface area (Å²) < 4.78 is 14.7. The van der Waals surface area contributed by atoms with Gasteiger partial charge in [0.05, 0.1) is 5.69 Å². The SMILES string of the molecule is Cc1nn(C)c(Cl)c1CSc1cccc(F)c1. The molecular formula is C12H12ClFN2S. The van der Waals surface area contributed by atoms with E-state index >= 15 is 0 Å². The van der Waals surface area contributed by atoms with Crippen molar-refractivity contribution in [1.29, 1.82) is 0 Å². The lowest BCUT2D eigenvalue weighted by molar-refractivity contribution is 0.624. The maximum absolute atomic E-state index is 13.0. The molecule has 17 heavy (non-hydrogen) atoms. The van der Waals surface area contributed by atoms with Crippen molar-refractivity contribution in [2.75, 3.05) is 0 Å². The van der Waals surface area contributed by atoms with E-state index in [4.69, 9.17) is 11.6 Å². The second-order valence-corrected chi connectivity index (χ2v) is 5.13. The monoisotopic (exact) mass is 270 g/mol. The Balaban J connectivity index is 2.12. The molecule has 0 radical (unpaired) electrons. The number of hydrogen-bond donors (Lipinski definition) is 0. The fourth-order valence-corrected chi connectivity index (χ4v) is 2.90. The molecule has 0 aliphatic heterocycles. The molecule has 2 nitrogen and oxygen atoms in total. The minimum atomic E-state index is -0.219. The third kappa shape index (κ3) is 2.82. The van der Waals surface area contributed by atoms with Crippen molar-refractivity contribution in [1.82, 2.24) is 9.78 Å². The maximum Gasteiger partial charge on any atom is 0.131 e. The average molecular weight is 271 g/mol. The van der Waals surface area contributed by atoms with Crippen LogP contribution in [0.15, 0.2) is 29.2 Å². The molecule has 0 spiro atoms. The summed E-state index contributed by atoms with van der Waals surface area (Å²) >= 11 is 7.68. The number of halogens is 2. The Kier molecular flexibility index (Phi) is 3.74. The summed E-state index contributed by atoms with van der Waals surface area (Å²) in [6.07, 6.45) is 0. The van der Waals surface area contributed by atoms with Crippen LogP contribution in [0.5, 0.6) is 0 Å². The molecule has 5 heteroatoms. The standard InChI is InChI=1S/C12H12ClFN2S/c1-8-11(12(13)16(2)15-8)7-17-10-5-3-4-9(14)6-10/h3-6H,7H2,1-2H3. The van der Waals surface area contributed by atoms with E-state index in [1.165, 1.54) is 12.1 Å². The van der Waals surface area contributed by atoms with Gasteiger partial charge in [0.2, 0.25) is 0 Å². The van der Waals surface area contributed by atoms with Gasteiger partial charge in [-0.25, -0.2) is 4.39 Å². The van der Waals surface area contributed by atoms with Crippen LogP contribution in [-0.4, -0.2) is 9.78 Å². The highest BCUT2D eigenvalue weighted by atomic mass is 35.5. The molecular weight excluding hydrogens is 259 g/mol. The summed E-state index contributed by atoms with van der Waals surface area (Å²) in [5.74, 6) is 0.478. The van der Waals surface area contributed by atoms with Crippen LogP contribution in [0.2, 0.25) is 5.15 Å². The molecule has 0 unspecified atom stereocenters. The Morgan fingerprint density at radius 1 is 1.47 bits per heavy atom. The third-order valence-electron chi connectivity index (χ3n) is 2.45. The first-order valence-electron chi connectivity index (χ1n) is 5.14. The van der Waals surface area contributed by atoms with Gasteiger partial charge in [-0.2, -0.15) is 5.10 Å². The van der Waals surface area contributed by atoms with Crippen LogP contribution < -0.4 is 0 Å². The number of rotatable bonds is 3. The van der Waals surface area contributed by atoms with Gasteiger partial charge >= 0.3 is 0 Å². The van der Waals surface area contributed by atoms with E-state index in [9.17, 15) is 4.39 Å². The highest BCUT2D eigenvalue weighted by molar-refractivity contribution is 7.98. The molecule has 0 saturated carbocycles. The van der Waals surface area contributed by atoms with Gasteiger partial charge in [-0.1, -0.05) is 17.7 Å². The molecule has 0 atom stereocenters. The average Bonchev–Trinajstić information content (AvgIpc) is 2.51. The summed E-state index contributed by atoms with van der Waals surface area (Å²) in [6, 6.07) is 6.54. The fourth-order valence-electron chi connectivity index (χ4n) is 1.55. The van der Waals surface area contributed by atoms with E-state index in [0.29, 0.717) is 10.9 Å². The normalized spacial score (nSPS) is 10.8. The summed E-state index contributed by atoms with van der Waals surface area (Å²) in [7, 11) is 1.81. The minimum Gasteiger partial charge on any atom is -0.257 e. The van der Waals surface area contributed by atoms with E-state index in [2.05, 4.69) is 5.10 Å². The lowest BCUT2D eigenvalue weighted by atomic mass is 10.3. The molecule has 0 amide bonds. The number of hydrogen-bond acceptors (Lipinski definition) is 2. The molecule has 0 bridgehead atoms. The van der Waals surface area contributed by atoms with Gasteiger partial charge in [-0.3, -0.25) is 4.68 Å². The molecule has 0 N–H and O–H groups in total. The largest absolute Gasteiger partial charge is 0.257 e.